The first-order valence-electron chi connectivity index (χ1n) is 4.60. The van der Waals surface area contributed by atoms with Crippen molar-refractivity contribution in [3.05, 3.63) is 36.7 Å². The molecule has 0 fully saturated rings. The van der Waals surface area contributed by atoms with Crippen molar-refractivity contribution in [3.63, 3.8) is 0 Å². The molecule has 0 atom stereocenters. The van der Waals surface area contributed by atoms with E-state index in [2.05, 4.69) is 9.97 Å². The maximum atomic E-state index is 13.9. The van der Waals surface area contributed by atoms with Crippen molar-refractivity contribution < 1.29 is 9.13 Å². The number of aromatic nitrogens is 2. The minimum atomic E-state index is -0.466. The van der Waals surface area contributed by atoms with Crippen LogP contribution in [0.5, 0.6) is 5.75 Å². The lowest BCUT2D eigenvalue weighted by molar-refractivity contribution is 0.387. The van der Waals surface area contributed by atoms with Crippen molar-refractivity contribution >= 4 is 5.69 Å². The van der Waals surface area contributed by atoms with Gasteiger partial charge < -0.3 is 10.5 Å². The normalized spacial score (nSPS) is 10.1. The summed E-state index contributed by atoms with van der Waals surface area (Å²) in [6, 6.07) is 2.96. The van der Waals surface area contributed by atoms with Gasteiger partial charge in [0.15, 0.2) is 11.6 Å². The van der Waals surface area contributed by atoms with Gasteiger partial charge in [0.05, 0.1) is 7.11 Å². The minimum Gasteiger partial charge on any atom is -0.494 e. The molecule has 0 aliphatic heterocycles. The zero-order valence-corrected chi connectivity index (χ0v) is 8.64. The fourth-order valence-corrected chi connectivity index (χ4v) is 1.42. The number of halogens is 1. The molecule has 0 saturated carbocycles. The van der Waals surface area contributed by atoms with E-state index in [-0.39, 0.29) is 5.75 Å². The van der Waals surface area contributed by atoms with Crippen LogP contribution >= 0.6 is 0 Å². The van der Waals surface area contributed by atoms with Crippen molar-refractivity contribution in [2.45, 2.75) is 0 Å². The van der Waals surface area contributed by atoms with Crippen molar-refractivity contribution in [3.8, 4) is 16.9 Å². The van der Waals surface area contributed by atoms with Crippen LogP contribution in [0, 0.1) is 5.82 Å². The number of rotatable bonds is 2. The second kappa shape index (κ2) is 4.14. The lowest BCUT2D eigenvalue weighted by atomic mass is 10.1. The van der Waals surface area contributed by atoms with Gasteiger partial charge in [-0.05, 0) is 6.07 Å². The van der Waals surface area contributed by atoms with Gasteiger partial charge in [0.1, 0.15) is 6.33 Å². The van der Waals surface area contributed by atoms with E-state index in [9.17, 15) is 4.39 Å². The van der Waals surface area contributed by atoms with Gasteiger partial charge in [-0.15, -0.1) is 0 Å². The molecule has 0 unspecified atom stereocenters. The summed E-state index contributed by atoms with van der Waals surface area (Å²) in [5.41, 5.74) is 6.97. The van der Waals surface area contributed by atoms with E-state index in [1.807, 2.05) is 0 Å². The largest absolute Gasteiger partial charge is 0.494 e. The van der Waals surface area contributed by atoms with Crippen LogP contribution in [0.2, 0.25) is 0 Å². The first kappa shape index (κ1) is 10.4. The Morgan fingerprint density at radius 2 is 1.94 bits per heavy atom. The molecule has 82 valence electrons. The highest BCUT2D eigenvalue weighted by atomic mass is 19.1. The molecule has 0 bridgehead atoms. The van der Waals surface area contributed by atoms with Gasteiger partial charge in [-0.2, -0.15) is 0 Å². The summed E-state index contributed by atoms with van der Waals surface area (Å²) < 4.78 is 18.8. The molecule has 1 aromatic carbocycles. The summed E-state index contributed by atoms with van der Waals surface area (Å²) in [5, 5.41) is 0. The molecule has 2 aromatic rings. The average molecular weight is 219 g/mol. The van der Waals surface area contributed by atoms with E-state index < -0.39 is 5.82 Å². The Morgan fingerprint density at radius 3 is 2.56 bits per heavy atom. The number of hydrogen-bond donors (Lipinski definition) is 1. The summed E-state index contributed by atoms with van der Waals surface area (Å²) >= 11 is 0. The number of anilines is 1. The predicted molar refractivity (Wildman–Crippen MR) is 58.4 cm³/mol. The monoisotopic (exact) mass is 219 g/mol. The Kier molecular flexibility index (Phi) is 2.68. The molecule has 5 heteroatoms. The van der Waals surface area contributed by atoms with Gasteiger partial charge in [-0.3, -0.25) is 0 Å². The summed E-state index contributed by atoms with van der Waals surface area (Å²) in [6.07, 6.45) is 4.42. The van der Waals surface area contributed by atoms with Crippen LogP contribution in [0.15, 0.2) is 30.9 Å². The van der Waals surface area contributed by atoms with Crippen molar-refractivity contribution in [1.82, 2.24) is 9.97 Å². The van der Waals surface area contributed by atoms with E-state index in [1.165, 1.54) is 38.0 Å². The number of hydrogen-bond acceptors (Lipinski definition) is 4. The Labute approximate surface area is 91.9 Å². The molecular formula is C11H10FN3O. The van der Waals surface area contributed by atoms with Crippen LogP contribution in [0.3, 0.4) is 0 Å². The van der Waals surface area contributed by atoms with Gasteiger partial charge in [-0.1, -0.05) is 0 Å². The van der Waals surface area contributed by atoms with Crippen molar-refractivity contribution in [2.24, 2.45) is 0 Å². The fraction of sp³-hybridized carbons (Fsp3) is 0.0909. The summed E-state index contributed by atoms with van der Waals surface area (Å²) in [7, 11) is 1.39. The van der Waals surface area contributed by atoms with Crippen LogP contribution in [-0.4, -0.2) is 17.1 Å². The third kappa shape index (κ3) is 1.79. The number of methoxy groups -OCH3 is 1. The zero-order chi connectivity index (χ0) is 11.5. The Balaban J connectivity index is 2.61. The van der Waals surface area contributed by atoms with Gasteiger partial charge in [0.25, 0.3) is 0 Å². The maximum Gasteiger partial charge on any atom is 0.173 e. The summed E-state index contributed by atoms with van der Waals surface area (Å²) in [6.45, 7) is 0. The van der Waals surface area contributed by atoms with Crippen LogP contribution in [0.4, 0.5) is 10.1 Å². The molecule has 4 nitrogen and oxygen atoms in total. The quantitative estimate of drug-likeness (QED) is 0.783. The van der Waals surface area contributed by atoms with Crippen LogP contribution in [0.25, 0.3) is 11.1 Å². The SMILES string of the molecule is COc1cc(N)cc(-c2cncnc2)c1F. The lowest BCUT2D eigenvalue weighted by Gasteiger charge is -2.08. The van der Waals surface area contributed by atoms with Gasteiger partial charge in [0.2, 0.25) is 0 Å². The highest BCUT2D eigenvalue weighted by molar-refractivity contribution is 5.69. The first-order valence-corrected chi connectivity index (χ1v) is 4.60. The smallest absolute Gasteiger partial charge is 0.173 e. The fourth-order valence-electron chi connectivity index (χ4n) is 1.42. The summed E-state index contributed by atoms with van der Waals surface area (Å²) in [4.78, 5) is 7.66. The van der Waals surface area contributed by atoms with Crippen molar-refractivity contribution in [1.29, 1.82) is 0 Å². The molecule has 0 saturated heterocycles. The number of benzene rings is 1. The average Bonchev–Trinajstić information content (AvgIpc) is 2.33. The molecule has 0 spiro atoms. The molecule has 0 aliphatic rings. The van der Waals surface area contributed by atoms with Gasteiger partial charge in [-0.25, -0.2) is 14.4 Å². The first-order chi connectivity index (χ1) is 7.72. The lowest BCUT2D eigenvalue weighted by Crippen LogP contribution is -1.95. The zero-order valence-electron chi connectivity index (χ0n) is 8.64. The third-order valence-electron chi connectivity index (χ3n) is 2.15. The minimum absolute atomic E-state index is 0.110. The number of nitrogens with two attached hydrogens (primary N) is 1. The summed E-state index contributed by atoms with van der Waals surface area (Å²) in [5.74, 6) is -0.356. The van der Waals surface area contributed by atoms with E-state index in [0.717, 1.165) is 0 Å². The standard InChI is InChI=1S/C11H10FN3O/c1-16-10-3-8(13)2-9(11(10)12)7-4-14-6-15-5-7/h2-6H,13H2,1H3. The van der Waals surface area contributed by atoms with Gasteiger partial charge >= 0.3 is 0 Å². The second-order valence-electron chi connectivity index (χ2n) is 3.21. The topological polar surface area (TPSA) is 61.0 Å². The van der Waals surface area contributed by atoms with Crippen LogP contribution in [0.1, 0.15) is 0 Å². The predicted octanol–water partition coefficient (Wildman–Crippen LogP) is 1.87. The van der Waals surface area contributed by atoms with Crippen molar-refractivity contribution in [2.75, 3.05) is 12.8 Å². The molecule has 2 N–H and O–H groups in total. The number of ether oxygens (including phenoxy) is 1. The van der Waals surface area contributed by atoms with Crippen LogP contribution < -0.4 is 10.5 Å². The number of nitrogens with zero attached hydrogens (tertiary/aromatic N) is 2. The Bertz CT molecular complexity index is 502. The Hall–Kier alpha value is -2.17. The van der Waals surface area contributed by atoms with E-state index in [0.29, 0.717) is 16.8 Å². The highest BCUT2D eigenvalue weighted by Gasteiger charge is 2.12. The van der Waals surface area contributed by atoms with E-state index in [1.54, 1.807) is 0 Å². The van der Waals surface area contributed by atoms with Crippen LogP contribution in [-0.2, 0) is 0 Å². The molecule has 0 amide bonds. The molecule has 16 heavy (non-hydrogen) atoms. The molecule has 2 rings (SSSR count). The second-order valence-corrected chi connectivity index (χ2v) is 3.21. The Morgan fingerprint density at radius 1 is 1.25 bits per heavy atom. The highest BCUT2D eigenvalue weighted by Crippen LogP contribution is 2.30. The van der Waals surface area contributed by atoms with E-state index in [4.69, 9.17) is 10.5 Å². The third-order valence-corrected chi connectivity index (χ3v) is 2.15. The molecule has 0 radical (unpaired) electrons. The molecule has 1 aromatic heterocycles. The molecular weight excluding hydrogens is 209 g/mol. The van der Waals surface area contributed by atoms with E-state index >= 15 is 0 Å². The maximum absolute atomic E-state index is 13.9. The molecule has 1 heterocycles. The molecule has 0 aliphatic carbocycles. The number of nitrogen functional groups attached to an aromatic ring is 1. The van der Waals surface area contributed by atoms with Gasteiger partial charge in [0, 0.05) is 35.3 Å².